The van der Waals surface area contributed by atoms with E-state index < -0.39 is 0 Å². The Kier molecular flexibility index (Phi) is 3.18. The first-order valence-corrected chi connectivity index (χ1v) is 7.06. The third kappa shape index (κ3) is 1.35. The summed E-state index contributed by atoms with van der Waals surface area (Å²) in [5.74, 6) is 0.618. The van der Waals surface area contributed by atoms with Crippen LogP contribution in [0.5, 0.6) is 0 Å². The van der Waals surface area contributed by atoms with Gasteiger partial charge in [-0.15, -0.1) is 0 Å². The number of fused-ring (bicyclic) bond motifs is 1. The highest BCUT2D eigenvalue weighted by Crippen LogP contribution is 2.48. The summed E-state index contributed by atoms with van der Waals surface area (Å²) in [7, 11) is 4.59. The second kappa shape index (κ2) is 4.06. The lowest BCUT2D eigenvalue weighted by Crippen LogP contribution is -2.87. The molecule has 0 saturated carbocycles. The summed E-state index contributed by atoms with van der Waals surface area (Å²) in [6.45, 7) is 7.97. The van der Waals surface area contributed by atoms with Crippen molar-refractivity contribution in [2.75, 3.05) is 33.9 Å². The first-order chi connectivity index (χ1) is 7.50. The number of piperazine rings is 1. The third-order valence-electron chi connectivity index (χ3n) is 4.51. The van der Waals surface area contributed by atoms with Gasteiger partial charge in [-0.1, -0.05) is 6.92 Å². The Labute approximate surface area is 101 Å². The molecule has 2 rings (SSSR count). The van der Waals surface area contributed by atoms with Gasteiger partial charge in [0.15, 0.2) is 6.29 Å². The molecule has 2 aliphatic rings. The van der Waals surface area contributed by atoms with Crippen LogP contribution in [0.3, 0.4) is 0 Å². The Morgan fingerprint density at radius 3 is 2.50 bits per heavy atom. The predicted molar refractivity (Wildman–Crippen MR) is 67.6 cm³/mol. The summed E-state index contributed by atoms with van der Waals surface area (Å²) >= 11 is 0. The molecule has 0 amide bonds. The molecule has 94 valence electrons. The largest absolute Gasteiger partial charge is 0.354 e. The number of hydrogen-bond acceptors (Lipinski definition) is 4. The Morgan fingerprint density at radius 1 is 1.44 bits per heavy atom. The van der Waals surface area contributed by atoms with Crippen LogP contribution in [0.15, 0.2) is 0 Å². The van der Waals surface area contributed by atoms with E-state index in [1.165, 1.54) is 6.54 Å². The average Bonchev–Trinajstić information content (AvgIpc) is 2.22. The number of methoxy groups -OCH3 is 2. The van der Waals surface area contributed by atoms with Crippen LogP contribution in [0.4, 0.5) is 0 Å². The normalized spacial score (nSPS) is 44.4. The number of hydrogen-bond donors (Lipinski definition) is 1. The molecule has 0 radical (unpaired) electrons. The van der Waals surface area contributed by atoms with E-state index >= 15 is 0 Å². The second-order valence-corrected chi connectivity index (χ2v) is 7.53. The minimum absolute atomic E-state index is 0.0287. The van der Waals surface area contributed by atoms with E-state index in [2.05, 4.69) is 24.1 Å². The molecule has 0 aromatic carbocycles. The summed E-state index contributed by atoms with van der Waals surface area (Å²) in [6, 6.07) is 0. The summed E-state index contributed by atoms with van der Waals surface area (Å²) < 4.78 is 11.2. The SMILES string of the molecule is COC(OC)C12C(C)CN1CCNC2(C)[SiH3]. The molecular weight excluding hydrogens is 220 g/mol. The van der Waals surface area contributed by atoms with Crippen molar-refractivity contribution in [2.24, 2.45) is 5.92 Å². The summed E-state index contributed by atoms with van der Waals surface area (Å²) in [4.78, 5) is 2.54. The minimum Gasteiger partial charge on any atom is -0.354 e. The zero-order valence-electron chi connectivity index (χ0n) is 11.0. The molecule has 3 unspecified atom stereocenters. The topological polar surface area (TPSA) is 33.7 Å². The lowest BCUT2D eigenvalue weighted by Gasteiger charge is -2.69. The number of rotatable bonds is 3. The third-order valence-corrected chi connectivity index (χ3v) is 5.66. The van der Waals surface area contributed by atoms with Gasteiger partial charge in [0, 0.05) is 49.3 Å². The molecular formula is C11H24N2O2Si. The molecule has 16 heavy (non-hydrogen) atoms. The summed E-state index contributed by atoms with van der Waals surface area (Å²) in [6.07, 6.45) is -0.133. The van der Waals surface area contributed by atoms with Gasteiger partial charge in [-0.05, 0) is 12.8 Å². The van der Waals surface area contributed by atoms with Gasteiger partial charge < -0.3 is 14.8 Å². The molecule has 0 aliphatic carbocycles. The van der Waals surface area contributed by atoms with Crippen LogP contribution in [-0.4, -0.2) is 66.0 Å². The molecule has 4 nitrogen and oxygen atoms in total. The van der Waals surface area contributed by atoms with Crippen molar-refractivity contribution in [3.63, 3.8) is 0 Å². The van der Waals surface area contributed by atoms with Gasteiger partial charge in [-0.3, -0.25) is 4.90 Å². The quantitative estimate of drug-likeness (QED) is 0.509. The van der Waals surface area contributed by atoms with Gasteiger partial charge >= 0.3 is 0 Å². The van der Waals surface area contributed by atoms with Gasteiger partial charge in [0.2, 0.25) is 0 Å². The van der Waals surface area contributed by atoms with Gasteiger partial charge in [0.05, 0.1) is 5.54 Å². The Balaban J connectivity index is 2.36. The molecule has 2 saturated heterocycles. The molecule has 3 atom stereocenters. The van der Waals surface area contributed by atoms with Crippen LogP contribution >= 0.6 is 0 Å². The molecule has 0 bridgehead atoms. The van der Waals surface area contributed by atoms with E-state index in [1.54, 1.807) is 14.2 Å². The summed E-state index contributed by atoms with van der Waals surface area (Å²) in [5.41, 5.74) is 0.0287. The van der Waals surface area contributed by atoms with Crippen LogP contribution in [0, 0.1) is 5.92 Å². The Hall–Kier alpha value is 0.0569. The van der Waals surface area contributed by atoms with Gasteiger partial charge in [-0.2, -0.15) is 0 Å². The molecule has 1 N–H and O–H groups in total. The lowest BCUT2D eigenvalue weighted by atomic mass is 9.67. The van der Waals surface area contributed by atoms with Crippen LogP contribution in [0.1, 0.15) is 13.8 Å². The number of nitrogens with one attached hydrogen (secondary N) is 1. The monoisotopic (exact) mass is 244 g/mol. The van der Waals surface area contributed by atoms with Crippen molar-refractivity contribution in [2.45, 2.75) is 30.8 Å². The minimum atomic E-state index is -0.133. The fourth-order valence-electron chi connectivity index (χ4n) is 3.88. The second-order valence-electron chi connectivity index (χ2n) is 5.53. The zero-order chi connectivity index (χ0) is 12.0. The van der Waals surface area contributed by atoms with E-state index in [-0.39, 0.29) is 17.0 Å². The molecule has 2 heterocycles. The van der Waals surface area contributed by atoms with Gasteiger partial charge in [0.25, 0.3) is 0 Å². The fraction of sp³-hybridized carbons (Fsp3) is 1.00. The van der Waals surface area contributed by atoms with Crippen LogP contribution in [-0.2, 0) is 9.47 Å². The van der Waals surface area contributed by atoms with Crippen LogP contribution in [0.2, 0.25) is 0 Å². The maximum atomic E-state index is 5.59. The molecule has 5 heteroatoms. The van der Waals surface area contributed by atoms with Crippen molar-refractivity contribution in [3.8, 4) is 0 Å². The maximum absolute atomic E-state index is 5.59. The van der Waals surface area contributed by atoms with E-state index in [1.807, 2.05) is 0 Å². The van der Waals surface area contributed by atoms with E-state index in [9.17, 15) is 0 Å². The number of nitrogens with zero attached hydrogens (tertiary/aromatic N) is 1. The standard InChI is InChI=1S/C11H24N2O2Si/c1-8-7-13-6-5-12-10(2,16)11(8,13)9(14-3)15-4/h8-9,12H,5-7H2,1-4,16H3. The number of ether oxygens (including phenoxy) is 2. The first kappa shape index (κ1) is 12.5. The predicted octanol–water partition coefficient (Wildman–Crippen LogP) is -1.02. The van der Waals surface area contributed by atoms with Crippen molar-refractivity contribution in [1.29, 1.82) is 0 Å². The Morgan fingerprint density at radius 2 is 2.06 bits per heavy atom. The smallest absolute Gasteiger partial charge is 0.176 e. The molecule has 0 spiro atoms. The van der Waals surface area contributed by atoms with E-state index in [4.69, 9.17) is 9.47 Å². The van der Waals surface area contributed by atoms with Crippen molar-refractivity contribution >= 4 is 10.2 Å². The molecule has 0 aromatic heterocycles. The van der Waals surface area contributed by atoms with Gasteiger partial charge in [-0.25, -0.2) is 0 Å². The zero-order valence-corrected chi connectivity index (χ0v) is 13.0. The van der Waals surface area contributed by atoms with Crippen LogP contribution in [0.25, 0.3) is 0 Å². The van der Waals surface area contributed by atoms with Crippen molar-refractivity contribution < 1.29 is 9.47 Å². The van der Waals surface area contributed by atoms with Crippen molar-refractivity contribution in [3.05, 3.63) is 0 Å². The molecule has 2 fully saturated rings. The van der Waals surface area contributed by atoms with E-state index in [0.717, 1.165) is 23.3 Å². The highest BCUT2D eigenvalue weighted by molar-refractivity contribution is 6.16. The summed E-state index contributed by atoms with van der Waals surface area (Å²) in [5, 5.41) is 3.82. The Bertz CT molecular complexity index is 269. The maximum Gasteiger partial charge on any atom is 0.176 e. The van der Waals surface area contributed by atoms with Gasteiger partial charge in [0.1, 0.15) is 0 Å². The first-order valence-electron chi connectivity index (χ1n) is 6.06. The highest BCUT2D eigenvalue weighted by Gasteiger charge is 2.65. The van der Waals surface area contributed by atoms with Crippen molar-refractivity contribution in [1.82, 2.24) is 10.2 Å². The fourth-order valence-corrected chi connectivity index (χ4v) is 5.18. The highest BCUT2D eigenvalue weighted by atomic mass is 28.1. The van der Waals surface area contributed by atoms with E-state index in [0.29, 0.717) is 5.92 Å². The molecule has 2 aliphatic heterocycles. The lowest BCUT2D eigenvalue weighted by molar-refractivity contribution is -0.271. The molecule has 0 aromatic rings. The van der Waals surface area contributed by atoms with Crippen LogP contribution < -0.4 is 5.32 Å². The average molecular weight is 244 g/mol.